The lowest BCUT2D eigenvalue weighted by molar-refractivity contribution is -0.148. The zero-order valence-corrected chi connectivity index (χ0v) is 4.96. The van der Waals surface area contributed by atoms with Gasteiger partial charge in [0, 0.05) is 0 Å². The molecule has 2 amide bonds. The number of carboxylic acid groups (broad SMARTS) is 1. The number of rotatable bonds is 3. The average molecular weight is 146 g/mol. The molecule has 0 aromatic heterocycles. The molecule has 0 aliphatic carbocycles. The fourth-order valence-electron chi connectivity index (χ4n) is 0.243. The molecule has 0 fully saturated rings. The SMILES string of the molecule is NC(=O)NCC(=O)C(=O)O. The molecule has 6 nitrogen and oxygen atoms in total. The summed E-state index contributed by atoms with van der Waals surface area (Å²) in [6, 6.07) is -0.922. The first-order valence-corrected chi connectivity index (χ1v) is 2.33. The van der Waals surface area contributed by atoms with Gasteiger partial charge >= 0.3 is 12.0 Å². The normalized spacial score (nSPS) is 8.40. The minimum atomic E-state index is -1.59. The number of carboxylic acids is 1. The highest BCUT2D eigenvalue weighted by atomic mass is 16.4. The smallest absolute Gasteiger partial charge is 0.374 e. The largest absolute Gasteiger partial charge is 0.475 e. The second-order valence-electron chi connectivity index (χ2n) is 1.45. The summed E-state index contributed by atoms with van der Waals surface area (Å²) in [5, 5.41) is 9.79. The van der Waals surface area contributed by atoms with Gasteiger partial charge in [-0.3, -0.25) is 4.79 Å². The molecule has 0 saturated heterocycles. The van der Waals surface area contributed by atoms with E-state index in [0.29, 0.717) is 0 Å². The summed E-state index contributed by atoms with van der Waals surface area (Å²) in [5.41, 5.74) is 4.55. The van der Waals surface area contributed by atoms with E-state index in [1.54, 1.807) is 0 Å². The van der Waals surface area contributed by atoms with Crippen molar-refractivity contribution in [2.24, 2.45) is 5.73 Å². The Hall–Kier alpha value is -1.59. The number of primary amides is 1. The summed E-state index contributed by atoms with van der Waals surface area (Å²) in [7, 11) is 0. The van der Waals surface area contributed by atoms with Gasteiger partial charge in [-0.2, -0.15) is 0 Å². The van der Waals surface area contributed by atoms with Crippen LogP contribution in [0.15, 0.2) is 0 Å². The lowest BCUT2D eigenvalue weighted by atomic mass is 10.4. The van der Waals surface area contributed by atoms with Crippen molar-refractivity contribution in [3.05, 3.63) is 0 Å². The van der Waals surface area contributed by atoms with E-state index in [1.165, 1.54) is 0 Å². The number of hydrogen-bond donors (Lipinski definition) is 3. The summed E-state index contributed by atoms with van der Waals surface area (Å²) < 4.78 is 0. The number of hydrogen-bond acceptors (Lipinski definition) is 3. The molecule has 0 aliphatic heterocycles. The monoisotopic (exact) mass is 146 g/mol. The molecule has 0 aromatic carbocycles. The molecule has 0 rings (SSSR count). The van der Waals surface area contributed by atoms with E-state index < -0.39 is 24.3 Å². The summed E-state index contributed by atoms with van der Waals surface area (Å²) in [6.45, 7) is -0.565. The average Bonchev–Trinajstić information content (AvgIpc) is 1.82. The summed E-state index contributed by atoms with van der Waals surface area (Å²) in [4.78, 5) is 29.8. The van der Waals surface area contributed by atoms with Crippen LogP contribution in [0.2, 0.25) is 0 Å². The van der Waals surface area contributed by atoms with Gasteiger partial charge in [0.05, 0.1) is 6.54 Å². The van der Waals surface area contributed by atoms with Gasteiger partial charge in [-0.05, 0) is 0 Å². The molecular formula is C4H6N2O4. The number of urea groups is 1. The van der Waals surface area contributed by atoms with Gasteiger partial charge in [0.2, 0.25) is 0 Å². The topological polar surface area (TPSA) is 109 Å². The van der Waals surface area contributed by atoms with Crippen LogP contribution in [-0.2, 0) is 9.59 Å². The number of ketones is 1. The molecule has 0 saturated carbocycles. The minimum absolute atomic E-state index is 0.565. The molecule has 4 N–H and O–H groups in total. The van der Waals surface area contributed by atoms with E-state index in [4.69, 9.17) is 5.11 Å². The van der Waals surface area contributed by atoms with Crippen molar-refractivity contribution in [2.75, 3.05) is 6.54 Å². The highest BCUT2D eigenvalue weighted by Crippen LogP contribution is 1.68. The van der Waals surface area contributed by atoms with Gasteiger partial charge in [0.1, 0.15) is 0 Å². The molecule has 0 spiro atoms. The third-order valence-electron chi connectivity index (χ3n) is 0.662. The van der Waals surface area contributed by atoms with Crippen LogP contribution in [0, 0.1) is 0 Å². The van der Waals surface area contributed by atoms with Gasteiger partial charge in [0.25, 0.3) is 5.78 Å². The predicted octanol–water partition coefficient (Wildman–Crippen LogP) is -1.69. The van der Waals surface area contributed by atoms with Crippen molar-refractivity contribution in [1.29, 1.82) is 0 Å². The molecule has 0 bridgehead atoms. The number of Topliss-reactive ketones (excluding diaryl/α,β-unsaturated/α-hetero) is 1. The van der Waals surface area contributed by atoms with E-state index in [-0.39, 0.29) is 0 Å². The summed E-state index contributed by atoms with van der Waals surface area (Å²) in [5.74, 6) is -2.69. The molecule has 0 aliphatic rings. The van der Waals surface area contributed by atoms with Crippen molar-refractivity contribution in [3.63, 3.8) is 0 Å². The Morgan fingerprint density at radius 3 is 2.20 bits per heavy atom. The van der Waals surface area contributed by atoms with Gasteiger partial charge in [0.15, 0.2) is 0 Å². The molecule has 10 heavy (non-hydrogen) atoms. The van der Waals surface area contributed by atoms with E-state index in [0.717, 1.165) is 0 Å². The van der Waals surface area contributed by atoms with E-state index >= 15 is 0 Å². The van der Waals surface area contributed by atoms with Crippen LogP contribution in [0.5, 0.6) is 0 Å². The highest BCUT2D eigenvalue weighted by molar-refractivity contribution is 6.33. The van der Waals surface area contributed by atoms with Crippen LogP contribution < -0.4 is 11.1 Å². The first-order chi connectivity index (χ1) is 4.54. The molecule has 56 valence electrons. The quantitative estimate of drug-likeness (QED) is 0.412. The number of nitrogens with two attached hydrogens (primary N) is 1. The Morgan fingerprint density at radius 2 is 1.90 bits per heavy atom. The highest BCUT2D eigenvalue weighted by Gasteiger charge is 2.10. The van der Waals surface area contributed by atoms with Gasteiger partial charge in [-0.1, -0.05) is 0 Å². The number of aliphatic carboxylic acids is 1. The first-order valence-electron chi connectivity index (χ1n) is 2.33. The molecule has 0 heterocycles. The fourth-order valence-corrected chi connectivity index (χ4v) is 0.243. The lowest BCUT2D eigenvalue weighted by Crippen LogP contribution is -2.36. The second kappa shape index (κ2) is 3.44. The van der Waals surface area contributed by atoms with Crippen LogP contribution in [0.3, 0.4) is 0 Å². The van der Waals surface area contributed by atoms with Crippen LogP contribution in [0.25, 0.3) is 0 Å². The fraction of sp³-hybridized carbons (Fsp3) is 0.250. The number of carbonyl (C=O) groups is 3. The van der Waals surface area contributed by atoms with Gasteiger partial charge in [-0.25, -0.2) is 9.59 Å². The zero-order valence-electron chi connectivity index (χ0n) is 4.96. The van der Waals surface area contributed by atoms with Crippen LogP contribution in [-0.4, -0.2) is 29.4 Å². The molecular weight excluding hydrogens is 140 g/mol. The Kier molecular flexibility index (Phi) is 2.89. The van der Waals surface area contributed by atoms with Crippen LogP contribution >= 0.6 is 0 Å². The molecule has 6 heteroatoms. The summed E-state index contributed by atoms with van der Waals surface area (Å²) in [6.07, 6.45) is 0. The third-order valence-corrected chi connectivity index (χ3v) is 0.662. The standard InChI is InChI=1S/C4H6N2O4/c5-4(10)6-1-2(7)3(8)9/h1H2,(H,8,9)(H3,5,6,10). The van der Waals surface area contributed by atoms with E-state index in [2.05, 4.69) is 5.73 Å². The van der Waals surface area contributed by atoms with Gasteiger partial charge in [-0.15, -0.1) is 0 Å². The Morgan fingerprint density at radius 1 is 1.40 bits per heavy atom. The van der Waals surface area contributed by atoms with Crippen molar-refractivity contribution >= 4 is 17.8 Å². The van der Waals surface area contributed by atoms with Crippen molar-refractivity contribution in [3.8, 4) is 0 Å². The Balaban J connectivity index is 3.60. The van der Waals surface area contributed by atoms with Gasteiger partial charge < -0.3 is 16.2 Å². The summed E-state index contributed by atoms with van der Waals surface area (Å²) >= 11 is 0. The van der Waals surface area contributed by atoms with E-state index in [1.807, 2.05) is 5.32 Å². The second-order valence-corrected chi connectivity index (χ2v) is 1.45. The lowest BCUT2D eigenvalue weighted by Gasteiger charge is -1.94. The Bertz CT molecular complexity index is 176. The van der Waals surface area contributed by atoms with Crippen molar-refractivity contribution in [1.82, 2.24) is 5.32 Å². The van der Waals surface area contributed by atoms with Crippen molar-refractivity contribution in [2.45, 2.75) is 0 Å². The van der Waals surface area contributed by atoms with Crippen LogP contribution in [0.1, 0.15) is 0 Å². The molecule has 0 aromatic rings. The maximum atomic E-state index is 10.2. The number of amides is 2. The number of nitrogens with one attached hydrogen (secondary N) is 1. The van der Waals surface area contributed by atoms with E-state index in [9.17, 15) is 14.4 Å². The molecule has 0 atom stereocenters. The Labute approximate surface area is 56.0 Å². The van der Waals surface area contributed by atoms with Crippen LogP contribution in [0.4, 0.5) is 4.79 Å². The minimum Gasteiger partial charge on any atom is -0.475 e. The number of carbonyl (C=O) groups excluding carboxylic acids is 2. The predicted molar refractivity (Wildman–Crippen MR) is 30.2 cm³/mol. The first kappa shape index (κ1) is 8.41. The third kappa shape index (κ3) is 3.42. The molecule has 0 unspecified atom stereocenters. The van der Waals surface area contributed by atoms with Crippen molar-refractivity contribution < 1.29 is 19.5 Å². The maximum absolute atomic E-state index is 10.2. The zero-order chi connectivity index (χ0) is 8.15. The maximum Gasteiger partial charge on any atom is 0.374 e. The molecule has 0 radical (unpaired) electrons.